The van der Waals surface area contributed by atoms with Crippen LogP contribution < -0.4 is 4.74 Å². The third-order valence-electron chi connectivity index (χ3n) is 1.18. The van der Waals surface area contributed by atoms with Gasteiger partial charge in [-0.25, -0.2) is 4.39 Å². The lowest BCUT2D eigenvalue weighted by molar-refractivity contribution is 0.386. The van der Waals surface area contributed by atoms with Gasteiger partial charge >= 0.3 is 0 Å². The Balaban J connectivity index is 3.24. The van der Waals surface area contributed by atoms with E-state index in [0.29, 0.717) is 0 Å². The van der Waals surface area contributed by atoms with Gasteiger partial charge < -0.3 is 4.74 Å². The van der Waals surface area contributed by atoms with Crippen LogP contribution in [0.4, 0.5) is 4.39 Å². The van der Waals surface area contributed by atoms with E-state index >= 15 is 0 Å². The SMILES string of the molecule is COc1cc(I)cc(Cl)c1F. The van der Waals surface area contributed by atoms with Crippen molar-refractivity contribution in [2.45, 2.75) is 0 Å². The van der Waals surface area contributed by atoms with Crippen molar-refractivity contribution in [2.24, 2.45) is 0 Å². The Labute approximate surface area is 82.6 Å². The van der Waals surface area contributed by atoms with Gasteiger partial charge in [-0.2, -0.15) is 0 Å². The third-order valence-corrected chi connectivity index (χ3v) is 2.08. The Morgan fingerprint density at radius 3 is 2.73 bits per heavy atom. The number of methoxy groups -OCH3 is 1. The molecule has 0 amide bonds. The molecule has 0 atom stereocenters. The summed E-state index contributed by atoms with van der Waals surface area (Å²) in [5, 5.41) is 0.0914. The average Bonchev–Trinajstić information content (AvgIpc) is 1.96. The van der Waals surface area contributed by atoms with Crippen molar-refractivity contribution in [3.8, 4) is 5.75 Å². The van der Waals surface area contributed by atoms with E-state index in [4.69, 9.17) is 16.3 Å². The molecular formula is C7H5ClFIO. The Bertz CT molecular complexity index is 277. The second kappa shape index (κ2) is 3.58. The molecule has 0 aliphatic rings. The lowest BCUT2D eigenvalue weighted by Gasteiger charge is -2.02. The molecule has 0 unspecified atom stereocenters. The molecule has 0 heterocycles. The lowest BCUT2D eigenvalue weighted by Crippen LogP contribution is -1.89. The molecule has 0 fully saturated rings. The maximum atomic E-state index is 12.9. The minimum atomic E-state index is -0.505. The highest BCUT2D eigenvalue weighted by Crippen LogP contribution is 2.26. The smallest absolute Gasteiger partial charge is 0.183 e. The topological polar surface area (TPSA) is 9.23 Å². The van der Waals surface area contributed by atoms with Gasteiger partial charge in [0, 0.05) is 3.57 Å². The number of benzene rings is 1. The minimum Gasteiger partial charge on any atom is -0.494 e. The summed E-state index contributed by atoms with van der Waals surface area (Å²) in [6.45, 7) is 0. The van der Waals surface area contributed by atoms with E-state index in [0.717, 1.165) is 3.57 Å². The van der Waals surface area contributed by atoms with Gasteiger partial charge in [0.1, 0.15) is 0 Å². The van der Waals surface area contributed by atoms with Crippen LogP contribution in [-0.4, -0.2) is 7.11 Å². The molecule has 0 spiro atoms. The highest BCUT2D eigenvalue weighted by Gasteiger charge is 2.07. The molecule has 0 aliphatic heterocycles. The van der Waals surface area contributed by atoms with Crippen molar-refractivity contribution in [1.82, 2.24) is 0 Å². The predicted molar refractivity (Wildman–Crippen MR) is 50.7 cm³/mol. The van der Waals surface area contributed by atoms with Crippen molar-refractivity contribution in [3.05, 3.63) is 26.5 Å². The van der Waals surface area contributed by atoms with Gasteiger partial charge in [0.05, 0.1) is 12.1 Å². The first-order chi connectivity index (χ1) is 5.15. The van der Waals surface area contributed by atoms with Crippen LogP contribution in [0.25, 0.3) is 0 Å². The van der Waals surface area contributed by atoms with E-state index in [1.54, 1.807) is 12.1 Å². The molecule has 0 saturated heterocycles. The zero-order chi connectivity index (χ0) is 8.43. The number of ether oxygens (including phenoxy) is 1. The van der Waals surface area contributed by atoms with Gasteiger partial charge in [-0.1, -0.05) is 11.6 Å². The summed E-state index contributed by atoms with van der Waals surface area (Å²) < 4.78 is 18.5. The maximum absolute atomic E-state index is 12.9. The maximum Gasteiger partial charge on any atom is 0.183 e. The number of hydrogen-bond donors (Lipinski definition) is 0. The standard InChI is InChI=1S/C7H5ClFIO/c1-11-6-3-4(10)2-5(8)7(6)9/h2-3H,1H3. The van der Waals surface area contributed by atoms with Crippen LogP contribution in [0.5, 0.6) is 5.75 Å². The van der Waals surface area contributed by atoms with Crippen molar-refractivity contribution in [1.29, 1.82) is 0 Å². The first-order valence-corrected chi connectivity index (χ1v) is 4.29. The summed E-state index contributed by atoms with van der Waals surface area (Å²) >= 11 is 7.58. The van der Waals surface area contributed by atoms with E-state index in [2.05, 4.69) is 0 Å². The second-order valence-corrected chi connectivity index (χ2v) is 3.56. The Hall–Kier alpha value is -0.0300. The fourth-order valence-electron chi connectivity index (χ4n) is 0.681. The van der Waals surface area contributed by atoms with E-state index in [1.165, 1.54) is 7.11 Å². The van der Waals surface area contributed by atoms with E-state index in [-0.39, 0.29) is 10.8 Å². The van der Waals surface area contributed by atoms with Gasteiger partial charge in [-0.3, -0.25) is 0 Å². The molecule has 1 rings (SSSR count). The molecule has 0 bridgehead atoms. The van der Waals surface area contributed by atoms with Gasteiger partial charge in [0.15, 0.2) is 11.6 Å². The molecule has 0 N–H and O–H groups in total. The summed E-state index contributed by atoms with van der Waals surface area (Å²) in [7, 11) is 1.41. The van der Waals surface area contributed by atoms with Crippen molar-refractivity contribution in [2.75, 3.05) is 7.11 Å². The minimum absolute atomic E-state index is 0.0914. The van der Waals surface area contributed by atoms with E-state index in [9.17, 15) is 4.39 Å². The van der Waals surface area contributed by atoms with Crippen molar-refractivity contribution in [3.63, 3.8) is 0 Å². The van der Waals surface area contributed by atoms with Crippen molar-refractivity contribution >= 4 is 34.2 Å². The van der Waals surface area contributed by atoms with Crippen LogP contribution in [0.3, 0.4) is 0 Å². The first-order valence-electron chi connectivity index (χ1n) is 2.83. The quantitative estimate of drug-likeness (QED) is 0.569. The summed E-state index contributed by atoms with van der Waals surface area (Å²) in [5.74, 6) is -0.323. The van der Waals surface area contributed by atoms with E-state index in [1.807, 2.05) is 22.6 Å². The van der Waals surface area contributed by atoms with Crippen LogP contribution in [0.1, 0.15) is 0 Å². The van der Waals surface area contributed by atoms with Crippen LogP contribution in [0.2, 0.25) is 5.02 Å². The van der Waals surface area contributed by atoms with Crippen molar-refractivity contribution < 1.29 is 9.13 Å². The van der Waals surface area contributed by atoms with Gasteiger partial charge in [0.2, 0.25) is 0 Å². The van der Waals surface area contributed by atoms with Gasteiger partial charge in [-0.05, 0) is 34.7 Å². The summed E-state index contributed by atoms with van der Waals surface area (Å²) in [6.07, 6.45) is 0. The van der Waals surface area contributed by atoms with Gasteiger partial charge in [0.25, 0.3) is 0 Å². The second-order valence-electron chi connectivity index (χ2n) is 1.90. The fraction of sp³-hybridized carbons (Fsp3) is 0.143. The summed E-state index contributed by atoms with van der Waals surface area (Å²) in [5.41, 5.74) is 0. The molecular weight excluding hydrogens is 281 g/mol. The first kappa shape index (κ1) is 9.06. The monoisotopic (exact) mass is 286 g/mol. The fourth-order valence-corrected chi connectivity index (χ4v) is 1.67. The molecule has 1 aromatic carbocycles. The molecule has 1 aromatic rings. The summed E-state index contributed by atoms with van der Waals surface area (Å²) in [4.78, 5) is 0. The lowest BCUT2D eigenvalue weighted by atomic mass is 10.3. The molecule has 4 heteroatoms. The largest absolute Gasteiger partial charge is 0.494 e. The predicted octanol–water partition coefficient (Wildman–Crippen LogP) is 3.09. The number of rotatable bonds is 1. The molecule has 0 saturated carbocycles. The Kier molecular flexibility index (Phi) is 2.95. The van der Waals surface area contributed by atoms with Crippen LogP contribution >= 0.6 is 34.2 Å². The molecule has 0 aliphatic carbocycles. The highest BCUT2D eigenvalue weighted by atomic mass is 127. The molecule has 1 nitrogen and oxygen atoms in total. The highest BCUT2D eigenvalue weighted by molar-refractivity contribution is 14.1. The number of hydrogen-bond acceptors (Lipinski definition) is 1. The average molecular weight is 286 g/mol. The third kappa shape index (κ3) is 1.96. The Morgan fingerprint density at radius 1 is 1.55 bits per heavy atom. The number of halogens is 3. The van der Waals surface area contributed by atoms with E-state index < -0.39 is 5.82 Å². The summed E-state index contributed by atoms with van der Waals surface area (Å²) in [6, 6.07) is 3.13. The van der Waals surface area contributed by atoms with Gasteiger partial charge in [-0.15, -0.1) is 0 Å². The zero-order valence-electron chi connectivity index (χ0n) is 5.70. The normalized spacial score (nSPS) is 9.82. The molecule has 11 heavy (non-hydrogen) atoms. The zero-order valence-corrected chi connectivity index (χ0v) is 8.61. The van der Waals surface area contributed by atoms with Crippen LogP contribution in [0, 0.1) is 9.39 Å². The molecule has 0 radical (unpaired) electrons. The Morgan fingerprint density at radius 2 is 2.18 bits per heavy atom. The molecule has 0 aromatic heterocycles. The van der Waals surface area contributed by atoms with Crippen LogP contribution in [-0.2, 0) is 0 Å². The van der Waals surface area contributed by atoms with Crippen LogP contribution in [0.15, 0.2) is 12.1 Å². The molecule has 60 valence electrons.